The molecule has 4 nitrogen and oxygen atoms in total. The van der Waals surface area contributed by atoms with Gasteiger partial charge in [-0.2, -0.15) is 0 Å². The van der Waals surface area contributed by atoms with Crippen LogP contribution in [-0.2, 0) is 4.79 Å². The van der Waals surface area contributed by atoms with Gasteiger partial charge in [0.2, 0.25) is 5.91 Å². The third-order valence-corrected chi connectivity index (χ3v) is 3.99. The molecule has 21 heavy (non-hydrogen) atoms. The van der Waals surface area contributed by atoms with Crippen LogP contribution in [0.15, 0.2) is 30.3 Å². The number of para-hydroxylation sites is 1. The summed E-state index contributed by atoms with van der Waals surface area (Å²) in [6, 6.07) is 9.78. The molecule has 0 radical (unpaired) electrons. The van der Waals surface area contributed by atoms with E-state index in [1.54, 1.807) is 0 Å². The topological polar surface area (TPSA) is 41.6 Å². The molecule has 0 bridgehead atoms. The fraction of sp³-hybridized carbons (Fsp3) is 0.588. The highest BCUT2D eigenvalue weighted by molar-refractivity contribution is 5.81. The minimum atomic E-state index is -0.00575. The van der Waals surface area contributed by atoms with Crippen LogP contribution >= 0.6 is 0 Å². The zero-order valence-electron chi connectivity index (χ0n) is 13.0. The number of rotatable bonds is 6. The predicted molar refractivity (Wildman–Crippen MR) is 84.4 cm³/mol. The van der Waals surface area contributed by atoms with E-state index >= 15 is 0 Å². The Morgan fingerprint density at radius 2 is 2.14 bits per heavy atom. The summed E-state index contributed by atoms with van der Waals surface area (Å²) in [6.07, 6.45) is 2.96. The normalized spacial score (nSPS) is 21.8. The quantitative estimate of drug-likeness (QED) is 0.817. The number of amides is 1. The monoisotopic (exact) mass is 290 g/mol. The van der Waals surface area contributed by atoms with Gasteiger partial charge in [-0.3, -0.25) is 4.79 Å². The largest absolute Gasteiger partial charge is 0.494 e. The van der Waals surface area contributed by atoms with Gasteiger partial charge in [-0.25, -0.2) is 0 Å². The maximum absolute atomic E-state index is 12.3. The number of benzene rings is 1. The molecule has 1 fully saturated rings. The molecule has 2 rings (SSSR count). The fourth-order valence-electron chi connectivity index (χ4n) is 2.68. The van der Waals surface area contributed by atoms with Gasteiger partial charge in [0, 0.05) is 13.6 Å². The zero-order chi connectivity index (χ0) is 15.1. The Kier molecular flexibility index (Phi) is 6.05. The Hall–Kier alpha value is -1.55. The molecule has 0 aliphatic carbocycles. The number of nitrogens with one attached hydrogen (secondary N) is 1. The highest BCUT2D eigenvalue weighted by Gasteiger charge is 2.26. The molecule has 1 N–H and O–H groups in total. The van der Waals surface area contributed by atoms with Crippen molar-refractivity contribution in [3.63, 3.8) is 0 Å². The molecule has 1 heterocycles. The van der Waals surface area contributed by atoms with Crippen LogP contribution in [0.1, 0.15) is 26.2 Å². The maximum atomic E-state index is 12.3. The third-order valence-electron chi connectivity index (χ3n) is 3.99. The first-order valence-corrected chi connectivity index (χ1v) is 7.83. The minimum absolute atomic E-state index is 0.00575. The number of ether oxygens (including phenoxy) is 1. The Balaban J connectivity index is 1.66. The minimum Gasteiger partial charge on any atom is -0.494 e. The molecular formula is C17H26N2O2. The van der Waals surface area contributed by atoms with E-state index in [1.165, 1.54) is 6.42 Å². The number of nitrogens with zero attached hydrogens (tertiary/aromatic N) is 1. The van der Waals surface area contributed by atoms with Gasteiger partial charge < -0.3 is 15.0 Å². The smallest absolute Gasteiger partial charge is 0.239 e. The van der Waals surface area contributed by atoms with E-state index in [0.717, 1.165) is 31.7 Å². The molecule has 1 saturated heterocycles. The Bertz CT molecular complexity index is 436. The van der Waals surface area contributed by atoms with Crippen LogP contribution < -0.4 is 10.1 Å². The van der Waals surface area contributed by atoms with Crippen LogP contribution in [0.4, 0.5) is 0 Å². The van der Waals surface area contributed by atoms with Gasteiger partial charge in [0.25, 0.3) is 0 Å². The molecule has 1 aromatic carbocycles. The number of hydrogen-bond acceptors (Lipinski definition) is 3. The molecular weight excluding hydrogens is 264 g/mol. The average Bonchev–Trinajstić information content (AvgIpc) is 2.51. The van der Waals surface area contributed by atoms with Crippen LogP contribution in [0.3, 0.4) is 0 Å². The first-order valence-electron chi connectivity index (χ1n) is 7.83. The first-order chi connectivity index (χ1) is 10.2. The molecule has 2 atom stereocenters. The number of carbonyl (C=O) groups is 1. The second-order valence-electron chi connectivity index (χ2n) is 5.91. The number of carbonyl (C=O) groups excluding carboxylic acids is 1. The molecule has 1 aliphatic heterocycles. The highest BCUT2D eigenvalue weighted by Crippen LogP contribution is 2.16. The molecule has 2 unspecified atom stereocenters. The van der Waals surface area contributed by atoms with Crippen LogP contribution in [-0.4, -0.2) is 43.6 Å². The highest BCUT2D eigenvalue weighted by atomic mass is 16.5. The first kappa shape index (κ1) is 15.8. The molecule has 116 valence electrons. The molecule has 1 aromatic rings. The van der Waals surface area contributed by atoms with Crippen LogP contribution in [0.2, 0.25) is 0 Å². The van der Waals surface area contributed by atoms with Gasteiger partial charge in [0.1, 0.15) is 5.75 Å². The summed E-state index contributed by atoms with van der Waals surface area (Å²) in [4.78, 5) is 14.2. The second-order valence-corrected chi connectivity index (χ2v) is 5.91. The van der Waals surface area contributed by atoms with Crippen molar-refractivity contribution in [1.29, 1.82) is 0 Å². The van der Waals surface area contributed by atoms with Gasteiger partial charge in [-0.15, -0.1) is 0 Å². The van der Waals surface area contributed by atoms with Gasteiger partial charge in [0.05, 0.1) is 12.6 Å². The van der Waals surface area contributed by atoms with Crippen LogP contribution in [0, 0.1) is 5.92 Å². The van der Waals surface area contributed by atoms with Crippen molar-refractivity contribution in [3.05, 3.63) is 30.3 Å². The third kappa shape index (κ3) is 5.05. The lowest BCUT2D eigenvalue weighted by Crippen LogP contribution is -2.49. The second kappa shape index (κ2) is 8.03. The summed E-state index contributed by atoms with van der Waals surface area (Å²) in [6.45, 7) is 4.53. The summed E-state index contributed by atoms with van der Waals surface area (Å²) >= 11 is 0. The van der Waals surface area contributed by atoms with Crippen molar-refractivity contribution >= 4 is 5.91 Å². The average molecular weight is 290 g/mol. The fourth-order valence-corrected chi connectivity index (χ4v) is 2.68. The summed E-state index contributed by atoms with van der Waals surface area (Å²) in [7, 11) is 1.88. The number of hydrogen-bond donors (Lipinski definition) is 1. The maximum Gasteiger partial charge on any atom is 0.239 e. The number of piperidine rings is 1. The Morgan fingerprint density at radius 1 is 1.38 bits per heavy atom. The van der Waals surface area contributed by atoms with Crippen molar-refractivity contribution in [2.24, 2.45) is 5.92 Å². The lowest BCUT2D eigenvalue weighted by atomic mass is 9.93. The summed E-state index contributed by atoms with van der Waals surface area (Å²) in [5.74, 6) is 1.73. The zero-order valence-corrected chi connectivity index (χ0v) is 13.0. The predicted octanol–water partition coefficient (Wildman–Crippen LogP) is 2.30. The number of likely N-dealkylation sites (N-methyl/N-ethyl adjacent to an activating group) is 1. The lowest BCUT2D eigenvalue weighted by molar-refractivity contribution is -0.133. The summed E-state index contributed by atoms with van der Waals surface area (Å²) in [5, 5.41) is 3.32. The van der Waals surface area contributed by atoms with Crippen molar-refractivity contribution in [2.75, 3.05) is 26.7 Å². The SMILES string of the molecule is CC1CCNC(C(=O)N(C)CCCOc2ccccc2)C1. The molecule has 0 aromatic heterocycles. The van der Waals surface area contributed by atoms with E-state index in [0.29, 0.717) is 12.5 Å². The van der Waals surface area contributed by atoms with E-state index in [1.807, 2.05) is 42.3 Å². The van der Waals surface area contributed by atoms with Gasteiger partial charge >= 0.3 is 0 Å². The van der Waals surface area contributed by atoms with E-state index in [4.69, 9.17) is 4.74 Å². The van der Waals surface area contributed by atoms with E-state index in [9.17, 15) is 4.79 Å². The van der Waals surface area contributed by atoms with Gasteiger partial charge in [-0.1, -0.05) is 25.1 Å². The van der Waals surface area contributed by atoms with Crippen LogP contribution in [0.5, 0.6) is 5.75 Å². The van der Waals surface area contributed by atoms with Crippen LogP contribution in [0.25, 0.3) is 0 Å². The van der Waals surface area contributed by atoms with Crippen molar-refractivity contribution < 1.29 is 9.53 Å². The summed E-state index contributed by atoms with van der Waals surface area (Å²) in [5.41, 5.74) is 0. The molecule has 0 saturated carbocycles. The Morgan fingerprint density at radius 3 is 2.86 bits per heavy atom. The molecule has 4 heteroatoms. The van der Waals surface area contributed by atoms with Crippen molar-refractivity contribution in [1.82, 2.24) is 10.2 Å². The lowest BCUT2D eigenvalue weighted by Gasteiger charge is -2.30. The van der Waals surface area contributed by atoms with Crippen molar-refractivity contribution in [3.8, 4) is 5.75 Å². The van der Waals surface area contributed by atoms with E-state index in [-0.39, 0.29) is 11.9 Å². The standard InChI is InChI=1S/C17H26N2O2/c1-14-9-10-18-16(13-14)17(20)19(2)11-6-12-21-15-7-4-3-5-8-15/h3-5,7-8,14,16,18H,6,9-13H2,1-2H3. The van der Waals surface area contributed by atoms with E-state index < -0.39 is 0 Å². The van der Waals surface area contributed by atoms with E-state index in [2.05, 4.69) is 12.2 Å². The van der Waals surface area contributed by atoms with Gasteiger partial charge in [0.15, 0.2) is 0 Å². The molecule has 0 spiro atoms. The molecule has 1 aliphatic rings. The van der Waals surface area contributed by atoms with Crippen molar-refractivity contribution in [2.45, 2.75) is 32.2 Å². The van der Waals surface area contributed by atoms with Gasteiger partial charge in [-0.05, 0) is 43.9 Å². The Labute approximate surface area is 127 Å². The summed E-state index contributed by atoms with van der Waals surface area (Å²) < 4.78 is 5.65. The molecule has 1 amide bonds.